The van der Waals surface area contributed by atoms with E-state index in [0.717, 1.165) is 11.1 Å². The Kier molecular flexibility index (Phi) is 3.94. The smallest absolute Gasteiger partial charge is 0.275 e. The van der Waals surface area contributed by atoms with E-state index in [9.17, 15) is 0 Å². The van der Waals surface area contributed by atoms with Gasteiger partial charge in [-0.05, 0) is 34.7 Å². The van der Waals surface area contributed by atoms with Gasteiger partial charge in [0.05, 0.1) is 0 Å². The van der Waals surface area contributed by atoms with Crippen molar-refractivity contribution in [1.82, 2.24) is 5.16 Å². The molecule has 1 aromatic heterocycles. The molecule has 5 nitrogen and oxygen atoms in total. The van der Waals surface area contributed by atoms with E-state index in [1.807, 2.05) is 13.0 Å². The normalized spacial score (nSPS) is 10.6. The van der Waals surface area contributed by atoms with Gasteiger partial charge in [0.25, 0.3) is 5.88 Å². The zero-order chi connectivity index (χ0) is 14.7. The Bertz CT molecular complexity index is 654. The molecule has 20 heavy (non-hydrogen) atoms. The van der Waals surface area contributed by atoms with Gasteiger partial charge < -0.3 is 15.0 Å². The Morgan fingerprint density at radius 2 is 2.20 bits per heavy atom. The summed E-state index contributed by atoms with van der Waals surface area (Å²) in [6, 6.07) is 8.20. The van der Waals surface area contributed by atoms with Crippen LogP contribution in [0.4, 0.5) is 5.88 Å². The van der Waals surface area contributed by atoms with Gasteiger partial charge in [0.2, 0.25) is 5.88 Å². The minimum absolute atomic E-state index is 0.0184. The lowest BCUT2D eigenvalue weighted by Crippen LogP contribution is -2.01. The molecule has 2 rings (SSSR count). The van der Waals surface area contributed by atoms with Gasteiger partial charge in [-0.1, -0.05) is 32.0 Å². The standard InChI is InChI=1S/C15H17N3O2/c1-9(2)11-5-4-10(3)12(6-11)8-19-15-13(7-16)14(17)20-18-15/h4-6,9H,8,17H2,1-3H3. The molecule has 1 aromatic carbocycles. The number of anilines is 1. The summed E-state index contributed by atoms with van der Waals surface area (Å²) in [5.74, 6) is 0.571. The maximum absolute atomic E-state index is 8.95. The van der Waals surface area contributed by atoms with Crippen LogP contribution >= 0.6 is 0 Å². The monoisotopic (exact) mass is 271 g/mol. The molecule has 0 fully saturated rings. The van der Waals surface area contributed by atoms with Crippen LogP contribution in [0.2, 0.25) is 0 Å². The number of nitrogens with zero attached hydrogens (tertiary/aromatic N) is 2. The molecular formula is C15H17N3O2. The highest BCUT2D eigenvalue weighted by Gasteiger charge is 2.15. The van der Waals surface area contributed by atoms with Crippen molar-refractivity contribution in [2.75, 3.05) is 5.73 Å². The highest BCUT2D eigenvalue weighted by atomic mass is 16.5. The number of nitrogens with two attached hydrogens (primary N) is 1. The van der Waals surface area contributed by atoms with Gasteiger partial charge in [-0.2, -0.15) is 5.26 Å². The topological polar surface area (TPSA) is 85.1 Å². The van der Waals surface area contributed by atoms with E-state index < -0.39 is 0 Å². The van der Waals surface area contributed by atoms with Crippen molar-refractivity contribution in [3.05, 3.63) is 40.5 Å². The summed E-state index contributed by atoms with van der Waals surface area (Å²) < 4.78 is 10.3. The number of nitrogen functional groups attached to an aromatic ring is 1. The van der Waals surface area contributed by atoms with Gasteiger partial charge in [0.1, 0.15) is 12.7 Å². The zero-order valence-electron chi connectivity index (χ0n) is 11.8. The van der Waals surface area contributed by atoms with Gasteiger partial charge in [-0.25, -0.2) is 0 Å². The SMILES string of the molecule is Cc1ccc(C(C)C)cc1COc1noc(N)c1C#N. The van der Waals surface area contributed by atoms with Crippen LogP contribution in [0.15, 0.2) is 22.7 Å². The first kappa shape index (κ1) is 13.9. The lowest BCUT2D eigenvalue weighted by molar-refractivity contribution is 0.269. The third-order valence-electron chi connectivity index (χ3n) is 3.20. The highest BCUT2D eigenvalue weighted by Crippen LogP contribution is 2.24. The minimum atomic E-state index is -0.0184. The summed E-state index contributed by atoms with van der Waals surface area (Å²) in [6.45, 7) is 6.63. The molecule has 2 aromatic rings. The molecule has 1 heterocycles. The second-order valence-corrected chi connectivity index (χ2v) is 4.97. The molecule has 2 N–H and O–H groups in total. The van der Waals surface area contributed by atoms with E-state index in [-0.39, 0.29) is 17.3 Å². The number of aromatic nitrogens is 1. The summed E-state index contributed by atoms with van der Waals surface area (Å²) in [5.41, 5.74) is 9.06. The van der Waals surface area contributed by atoms with Gasteiger partial charge in [-0.3, -0.25) is 0 Å². The van der Waals surface area contributed by atoms with Crippen molar-refractivity contribution in [2.24, 2.45) is 0 Å². The number of benzene rings is 1. The zero-order valence-corrected chi connectivity index (χ0v) is 11.8. The summed E-state index contributed by atoms with van der Waals surface area (Å²) in [5, 5.41) is 12.6. The molecule has 0 aliphatic carbocycles. The molecule has 0 saturated heterocycles. The van der Waals surface area contributed by atoms with Crippen molar-refractivity contribution in [1.29, 1.82) is 5.26 Å². The number of ether oxygens (including phenoxy) is 1. The fraction of sp³-hybridized carbons (Fsp3) is 0.333. The maximum Gasteiger partial charge on any atom is 0.275 e. The van der Waals surface area contributed by atoms with E-state index in [1.165, 1.54) is 5.56 Å². The third kappa shape index (κ3) is 2.75. The van der Waals surface area contributed by atoms with Crippen molar-refractivity contribution >= 4 is 5.88 Å². The largest absolute Gasteiger partial charge is 0.470 e. The van der Waals surface area contributed by atoms with Gasteiger partial charge >= 0.3 is 0 Å². The molecule has 0 aliphatic rings. The Balaban J connectivity index is 2.18. The van der Waals surface area contributed by atoms with Crippen LogP contribution in [-0.4, -0.2) is 5.16 Å². The predicted molar refractivity (Wildman–Crippen MR) is 75.2 cm³/mol. The van der Waals surface area contributed by atoms with E-state index in [0.29, 0.717) is 12.5 Å². The van der Waals surface area contributed by atoms with Crippen LogP contribution in [0, 0.1) is 18.3 Å². The maximum atomic E-state index is 8.95. The first-order chi connectivity index (χ1) is 9.52. The van der Waals surface area contributed by atoms with Crippen LogP contribution in [0.25, 0.3) is 0 Å². The molecule has 104 valence electrons. The lowest BCUT2D eigenvalue weighted by atomic mass is 9.98. The molecule has 0 radical (unpaired) electrons. The van der Waals surface area contributed by atoms with Crippen LogP contribution < -0.4 is 10.5 Å². The first-order valence-electron chi connectivity index (χ1n) is 6.40. The Morgan fingerprint density at radius 1 is 1.45 bits per heavy atom. The number of aryl methyl sites for hydroxylation is 1. The molecule has 0 unspecified atom stereocenters. The molecule has 0 bridgehead atoms. The Morgan fingerprint density at radius 3 is 2.85 bits per heavy atom. The predicted octanol–water partition coefficient (Wildman–Crippen LogP) is 3.14. The quantitative estimate of drug-likeness (QED) is 0.923. The van der Waals surface area contributed by atoms with Crippen LogP contribution in [0.3, 0.4) is 0 Å². The van der Waals surface area contributed by atoms with Gasteiger partial charge in [-0.15, -0.1) is 0 Å². The van der Waals surface area contributed by atoms with Crippen molar-refractivity contribution in [3.8, 4) is 11.9 Å². The summed E-state index contributed by atoms with van der Waals surface area (Å²) >= 11 is 0. The molecular weight excluding hydrogens is 254 g/mol. The van der Waals surface area contributed by atoms with Crippen molar-refractivity contribution in [2.45, 2.75) is 33.3 Å². The van der Waals surface area contributed by atoms with Crippen LogP contribution in [0.5, 0.6) is 5.88 Å². The van der Waals surface area contributed by atoms with E-state index >= 15 is 0 Å². The highest BCUT2D eigenvalue weighted by molar-refractivity contribution is 5.51. The minimum Gasteiger partial charge on any atom is -0.470 e. The summed E-state index contributed by atoms with van der Waals surface area (Å²) in [6.07, 6.45) is 0. The van der Waals surface area contributed by atoms with Gasteiger partial charge in [0.15, 0.2) is 5.56 Å². The van der Waals surface area contributed by atoms with Crippen molar-refractivity contribution < 1.29 is 9.26 Å². The molecule has 0 atom stereocenters. The lowest BCUT2D eigenvalue weighted by Gasteiger charge is -2.11. The molecule has 0 saturated carbocycles. The van der Waals surface area contributed by atoms with Crippen LogP contribution in [-0.2, 0) is 6.61 Å². The second-order valence-electron chi connectivity index (χ2n) is 4.97. The summed E-state index contributed by atoms with van der Waals surface area (Å²) in [7, 11) is 0. The molecule has 5 heteroatoms. The summed E-state index contributed by atoms with van der Waals surface area (Å²) in [4.78, 5) is 0. The fourth-order valence-corrected chi connectivity index (χ4v) is 1.84. The number of nitriles is 1. The first-order valence-corrected chi connectivity index (χ1v) is 6.40. The molecule has 0 amide bonds. The second kappa shape index (κ2) is 5.66. The Hall–Kier alpha value is -2.48. The van der Waals surface area contributed by atoms with E-state index in [2.05, 4.69) is 37.2 Å². The average Bonchev–Trinajstić information content (AvgIpc) is 2.77. The Labute approximate surface area is 117 Å². The van der Waals surface area contributed by atoms with E-state index in [4.69, 9.17) is 20.3 Å². The average molecular weight is 271 g/mol. The number of rotatable bonds is 4. The van der Waals surface area contributed by atoms with Gasteiger partial charge in [0, 0.05) is 0 Å². The van der Waals surface area contributed by atoms with Crippen molar-refractivity contribution in [3.63, 3.8) is 0 Å². The number of hydrogen-bond donors (Lipinski definition) is 1. The molecule has 0 spiro atoms. The molecule has 0 aliphatic heterocycles. The third-order valence-corrected chi connectivity index (χ3v) is 3.20. The van der Waals surface area contributed by atoms with Crippen LogP contribution in [0.1, 0.15) is 42.0 Å². The number of hydrogen-bond acceptors (Lipinski definition) is 5. The van der Waals surface area contributed by atoms with E-state index in [1.54, 1.807) is 0 Å². The fourth-order valence-electron chi connectivity index (χ4n) is 1.84.